The number of fused-ring (bicyclic) bond motifs is 1. The van der Waals surface area contributed by atoms with Crippen molar-refractivity contribution in [3.63, 3.8) is 0 Å². The van der Waals surface area contributed by atoms with Gasteiger partial charge in [-0.3, -0.25) is 0 Å². The molecule has 2 aliphatic rings. The van der Waals surface area contributed by atoms with Gasteiger partial charge >= 0.3 is 0 Å². The summed E-state index contributed by atoms with van der Waals surface area (Å²) in [6.07, 6.45) is 26.0. The van der Waals surface area contributed by atoms with Crippen LogP contribution in [-0.4, -0.2) is 13.1 Å². The topological polar surface area (TPSA) is 12.0 Å². The number of nitrogens with one attached hydrogen (secondary N) is 1. The van der Waals surface area contributed by atoms with Crippen LogP contribution in [0.2, 0.25) is 0 Å². The van der Waals surface area contributed by atoms with Crippen LogP contribution in [0.5, 0.6) is 0 Å². The van der Waals surface area contributed by atoms with Gasteiger partial charge in [0.05, 0.1) is 0 Å². The summed E-state index contributed by atoms with van der Waals surface area (Å²) in [6.45, 7) is 27.3. The van der Waals surface area contributed by atoms with Crippen molar-refractivity contribution in [1.29, 1.82) is 0 Å². The average Bonchev–Trinajstić information content (AvgIpc) is 2.90. The maximum Gasteiger partial charge on any atom is 0.00170 e. The molecule has 0 aromatic rings. The Bertz CT molecular complexity index is 468. The third-order valence-electron chi connectivity index (χ3n) is 8.65. The Morgan fingerprint density at radius 2 is 1.41 bits per heavy atom. The van der Waals surface area contributed by atoms with Crippen molar-refractivity contribution in [2.45, 2.75) is 172 Å². The zero-order valence-electron chi connectivity index (χ0n) is 28.1. The molecule has 1 fully saturated rings. The Hall–Kier alpha value is -0.300. The van der Waals surface area contributed by atoms with E-state index in [0.29, 0.717) is 5.41 Å². The van der Waals surface area contributed by atoms with Gasteiger partial charge in [0.25, 0.3) is 0 Å². The molecule has 0 bridgehead atoms. The van der Waals surface area contributed by atoms with Crippen LogP contribution < -0.4 is 5.32 Å². The van der Waals surface area contributed by atoms with Crippen molar-refractivity contribution < 1.29 is 0 Å². The van der Waals surface area contributed by atoms with Gasteiger partial charge in [-0.15, -0.1) is 0 Å². The Morgan fingerprint density at radius 1 is 0.811 bits per heavy atom. The molecule has 0 aliphatic heterocycles. The molecule has 1 saturated carbocycles. The minimum atomic E-state index is 0.463. The van der Waals surface area contributed by atoms with Gasteiger partial charge in [0.1, 0.15) is 0 Å². The quantitative estimate of drug-likeness (QED) is 0.188. The molecule has 0 aromatic heterocycles. The number of hydrogen-bond acceptors (Lipinski definition) is 1. The van der Waals surface area contributed by atoms with Crippen molar-refractivity contribution in [3.8, 4) is 0 Å². The standard InChI is InChI=1S/C23H43N.C7H16.C4H10.C2H6/c1-6-21(23(3,4)5)15-14-18(2)16-24-17-20-12-9-11-19-10-7-8-13-22(19)20;1-3-5-7-6-4-2;1-3-4-2;1-2/h9,12,18-22,24H,6-8,10-11,13-17H2,1-5H3;3-7H2,1-2H3;3-4H2,1-2H3;1-2H3. The SMILES string of the molecule is CC.CCC(CCC(C)CNCC1C=CCC2CCCCC12)C(C)(C)C.CCCC.CCCCCCC. The minimum Gasteiger partial charge on any atom is -0.316 e. The minimum absolute atomic E-state index is 0.463. The van der Waals surface area contributed by atoms with Crippen LogP contribution in [0.15, 0.2) is 12.2 Å². The summed E-state index contributed by atoms with van der Waals surface area (Å²) in [5.41, 5.74) is 0.463. The van der Waals surface area contributed by atoms with Crippen LogP contribution in [0, 0.1) is 35.0 Å². The van der Waals surface area contributed by atoms with Crippen LogP contribution in [0.1, 0.15) is 172 Å². The van der Waals surface area contributed by atoms with Gasteiger partial charge in [0, 0.05) is 6.54 Å². The highest BCUT2D eigenvalue weighted by molar-refractivity contribution is 5.02. The zero-order chi connectivity index (χ0) is 28.5. The first-order chi connectivity index (χ1) is 17.7. The fourth-order valence-corrected chi connectivity index (χ4v) is 5.89. The van der Waals surface area contributed by atoms with Gasteiger partial charge in [0.2, 0.25) is 0 Å². The van der Waals surface area contributed by atoms with E-state index in [-0.39, 0.29) is 0 Å². The van der Waals surface area contributed by atoms with Gasteiger partial charge in [-0.25, -0.2) is 0 Å². The molecule has 5 unspecified atom stereocenters. The summed E-state index contributed by atoms with van der Waals surface area (Å²) in [7, 11) is 0. The largest absolute Gasteiger partial charge is 0.316 e. The number of unbranched alkanes of at least 4 members (excludes halogenated alkanes) is 5. The summed E-state index contributed by atoms with van der Waals surface area (Å²) >= 11 is 0. The normalized spacial score (nSPS) is 22.2. The van der Waals surface area contributed by atoms with Crippen LogP contribution in [0.4, 0.5) is 0 Å². The van der Waals surface area contributed by atoms with E-state index < -0.39 is 0 Å². The van der Waals surface area contributed by atoms with E-state index in [1.54, 1.807) is 0 Å². The summed E-state index contributed by atoms with van der Waals surface area (Å²) in [5.74, 6) is 4.43. The highest BCUT2D eigenvalue weighted by Crippen LogP contribution is 2.40. The highest BCUT2D eigenvalue weighted by Gasteiger charge is 2.32. The van der Waals surface area contributed by atoms with E-state index in [0.717, 1.165) is 29.6 Å². The fourth-order valence-electron chi connectivity index (χ4n) is 5.89. The Labute approximate surface area is 237 Å². The summed E-state index contributed by atoms with van der Waals surface area (Å²) in [6, 6.07) is 0. The number of allylic oxidation sites excluding steroid dienone is 1. The van der Waals surface area contributed by atoms with E-state index in [1.165, 1.54) is 109 Å². The van der Waals surface area contributed by atoms with Crippen LogP contribution in [-0.2, 0) is 0 Å². The maximum atomic E-state index is 3.82. The molecule has 1 heteroatoms. The lowest BCUT2D eigenvalue weighted by Crippen LogP contribution is -2.36. The van der Waals surface area contributed by atoms with Crippen molar-refractivity contribution >= 4 is 0 Å². The number of hydrogen-bond donors (Lipinski definition) is 1. The third-order valence-corrected chi connectivity index (χ3v) is 8.65. The van der Waals surface area contributed by atoms with Crippen molar-refractivity contribution in [2.75, 3.05) is 13.1 Å². The molecule has 0 aromatic carbocycles. The van der Waals surface area contributed by atoms with Gasteiger partial charge < -0.3 is 5.32 Å². The van der Waals surface area contributed by atoms with Crippen molar-refractivity contribution in [2.24, 2.45) is 35.0 Å². The molecule has 0 heterocycles. The highest BCUT2D eigenvalue weighted by atomic mass is 14.9. The van der Waals surface area contributed by atoms with Gasteiger partial charge in [0.15, 0.2) is 0 Å². The molecule has 5 atom stereocenters. The molecule has 2 aliphatic carbocycles. The average molecular weight is 522 g/mol. The van der Waals surface area contributed by atoms with Crippen LogP contribution in [0.3, 0.4) is 0 Å². The van der Waals surface area contributed by atoms with Crippen LogP contribution >= 0.6 is 0 Å². The second kappa shape index (κ2) is 26.0. The first kappa shape index (κ1) is 38.8. The molecule has 0 spiro atoms. The molecule has 1 nitrogen and oxygen atoms in total. The summed E-state index contributed by atoms with van der Waals surface area (Å²) in [5, 5.41) is 3.82. The van der Waals surface area contributed by atoms with Gasteiger partial charge in [-0.05, 0) is 73.7 Å². The number of rotatable bonds is 13. The molecule has 0 radical (unpaired) electrons. The van der Waals surface area contributed by atoms with E-state index in [1.807, 2.05) is 13.8 Å². The maximum absolute atomic E-state index is 3.82. The second-order valence-electron chi connectivity index (χ2n) is 12.9. The Balaban J connectivity index is 0. The Kier molecular flexibility index (Phi) is 27.2. The van der Waals surface area contributed by atoms with Gasteiger partial charge in [-0.1, -0.05) is 153 Å². The molecule has 0 amide bonds. The van der Waals surface area contributed by atoms with E-state index in [9.17, 15) is 0 Å². The first-order valence-electron chi connectivity index (χ1n) is 17.1. The second-order valence-corrected chi connectivity index (χ2v) is 12.9. The van der Waals surface area contributed by atoms with Crippen molar-refractivity contribution in [3.05, 3.63) is 12.2 Å². The van der Waals surface area contributed by atoms with E-state index in [2.05, 4.69) is 79.8 Å². The third kappa shape index (κ3) is 20.3. The zero-order valence-corrected chi connectivity index (χ0v) is 28.1. The predicted molar refractivity (Wildman–Crippen MR) is 174 cm³/mol. The van der Waals surface area contributed by atoms with Crippen LogP contribution in [0.25, 0.3) is 0 Å². The fraction of sp³-hybridized carbons (Fsp3) is 0.944. The molecule has 1 N–H and O–H groups in total. The molecule has 0 saturated heterocycles. The van der Waals surface area contributed by atoms with Gasteiger partial charge in [-0.2, -0.15) is 0 Å². The lowest BCUT2D eigenvalue weighted by atomic mass is 9.68. The predicted octanol–water partition coefficient (Wildman–Crippen LogP) is 12.3. The summed E-state index contributed by atoms with van der Waals surface area (Å²) < 4.78 is 0. The Morgan fingerprint density at radius 3 is 1.92 bits per heavy atom. The van der Waals surface area contributed by atoms with E-state index >= 15 is 0 Å². The molecule has 2 rings (SSSR count). The lowest BCUT2D eigenvalue weighted by Gasteiger charge is -2.38. The first-order valence-corrected chi connectivity index (χ1v) is 17.1. The van der Waals surface area contributed by atoms with E-state index in [4.69, 9.17) is 0 Å². The van der Waals surface area contributed by atoms with Crippen molar-refractivity contribution in [1.82, 2.24) is 5.32 Å². The smallest absolute Gasteiger partial charge is 0.00170 e. The molecular formula is C36H75N. The monoisotopic (exact) mass is 522 g/mol. The molecular weight excluding hydrogens is 446 g/mol. The summed E-state index contributed by atoms with van der Waals surface area (Å²) in [4.78, 5) is 0. The lowest BCUT2D eigenvalue weighted by molar-refractivity contribution is 0.172. The molecule has 224 valence electrons. The molecule has 37 heavy (non-hydrogen) atoms.